The number of nitrogens with one attached hydrogen (secondary N) is 2. The van der Waals surface area contributed by atoms with Gasteiger partial charge in [0.15, 0.2) is 0 Å². The molecule has 2 N–H and O–H groups in total. The zero-order valence-corrected chi connectivity index (χ0v) is 18.4. The Morgan fingerprint density at radius 1 is 0.966 bits per heavy atom. The predicted octanol–water partition coefficient (Wildman–Crippen LogP) is 4.91. The van der Waals surface area contributed by atoms with E-state index in [2.05, 4.69) is 24.5 Å². The highest BCUT2D eigenvalue weighted by molar-refractivity contribution is 8.01. The molecule has 0 saturated heterocycles. The number of aryl methyl sites for hydroxylation is 2. The number of ether oxygens (including phenoxy) is 1. The molecule has 156 valence electrons. The van der Waals surface area contributed by atoms with Crippen LogP contribution in [0, 0.1) is 0 Å². The Labute approximate surface area is 177 Å². The van der Waals surface area contributed by atoms with Gasteiger partial charge < -0.3 is 15.4 Å². The van der Waals surface area contributed by atoms with Crippen LogP contribution in [0.15, 0.2) is 42.5 Å². The molecule has 2 aromatic rings. The minimum atomic E-state index is -0.337. The fourth-order valence-corrected chi connectivity index (χ4v) is 3.59. The van der Waals surface area contributed by atoms with Crippen molar-refractivity contribution < 1.29 is 14.3 Å². The van der Waals surface area contributed by atoms with Crippen molar-refractivity contribution in [2.45, 2.75) is 45.8 Å². The van der Waals surface area contributed by atoms with Crippen LogP contribution in [-0.4, -0.2) is 29.4 Å². The summed E-state index contributed by atoms with van der Waals surface area (Å²) < 4.78 is 5.39. The maximum Gasteiger partial charge on any atom is 0.237 e. The van der Waals surface area contributed by atoms with Crippen LogP contribution in [0.25, 0.3) is 0 Å². The van der Waals surface area contributed by atoms with Gasteiger partial charge >= 0.3 is 0 Å². The lowest BCUT2D eigenvalue weighted by Crippen LogP contribution is -2.26. The molecular formula is C23H30N2O3S. The second-order valence-corrected chi connectivity index (χ2v) is 7.94. The fraction of sp³-hybridized carbons (Fsp3) is 0.391. The first-order valence-electron chi connectivity index (χ1n) is 10.0. The van der Waals surface area contributed by atoms with Gasteiger partial charge in [0.25, 0.3) is 0 Å². The van der Waals surface area contributed by atoms with E-state index >= 15 is 0 Å². The first kappa shape index (κ1) is 22.8. The summed E-state index contributed by atoms with van der Waals surface area (Å²) in [5.41, 5.74) is 3.88. The average molecular weight is 415 g/mol. The number of hydrogen-bond donors (Lipinski definition) is 2. The Balaban J connectivity index is 1.87. The van der Waals surface area contributed by atoms with Gasteiger partial charge in [-0.15, -0.1) is 11.8 Å². The standard InChI is InChI=1S/C23H30N2O3S/c1-5-17-9-8-10-18(6-2)22(17)25-23(27)16(4)29-15-21(26)24-19-11-13-20(14-12-19)28-7-3/h8-14,16H,5-7,15H2,1-4H3,(H,24,26)(H,25,27). The molecule has 0 aliphatic heterocycles. The van der Waals surface area contributed by atoms with Crippen molar-refractivity contribution in [2.75, 3.05) is 23.0 Å². The van der Waals surface area contributed by atoms with Gasteiger partial charge in [-0.1, -0.05) is 32.0 Å². The normalized spacial score (nSPS) is 11.6. The van der Waals surface area contributed by atoms with Gasteiger partial charge in [-0.05, 0) is 62.1 Å². The molecule has 0 spiro atoms. The van der Waals surface area contributed by atoms with Crippen molar-refractivity contribution >= 4 is 35.0 Å². The molecular weight excluding hydrogens is 384 g/mol. The highest BCUT2D eigenvalue weighted by Gasteiger charge is 2.18. The van der Waals surface area contributed by atoms with E-state index in [0.717, 1.165) is 35.4 Å². The van der Waals surface area contributed by atoms with Crippen molar-refractivity contribution in [1.29, 1.82) is 0 Å². The van der Waals surface area contributed by atoms with Crippen molar-refractivity contribution in [3.05, 3.63) is 53.6 Å². The molecule has 0 fully saturated rings. The van der Waals surface area contributed by atoms with Crippen LogP contribution < -0.4 is 15.4 Å². The number of anilines is 2. The molecule has 0 bridgehead atoms. The maximum absolute atomic E-state index is 12.6. The van der Waals surface area contributed by atoms with E-state index in [0.29, 0.717) is 12.3 Å². The molecule has 29 heavy (non-hydrogen) atoms. The Morgan fingerprint density at radius 2 is 1.59 bits per heavy atom. The van der Waals surface area contributed by atoms with Crippen LogP contribution in [0.2, 0.25) is 0 Å². The number of amides is 2. The third-order valence-corrected chi connectivity index (χ3v) is 5.67. The molecule has 0 aromatic heterocycles. The Bertz CT molecular complexity index is 799. The van der Waals surface area contributed by atoms with Gasteiger partial charge in [0.1, 0.15) is 5.75 Å². The van der Waals surface area contributed by atoms with Crippen LogP contribution in [0.4, 0.5) is 11.4 Å². The van der Waals surface area contributed by atoms with Crippen LogP contribution in [-0.2, 0) is 22.4 Å². The number of para-hydroxylation sites is 1. The highest BCUT2D eigenvalue weighted by Crippen LogP contribution is 2.24. The lowest BCUT2D eigenvalue weighted by Gasteiger charge is -2.17. The molecule has 5 nitrogen and oxygen atoms in total. The summed E-state index contributed by atoms with van der Waals surface area (Å²) >= 11 is 1.32. The summed E-state index contributed by atoms with van der Waals surface area (Å²) in [6, 6.07) is 13.3. The van der Waals surface area contributed by atoms with Gasteiger partial charge in [0.05, 0.1) is 17.6 Å². The molecule has 0 radical (unpaired) electrons. The fourth-order valence-electron chi connectivity index (χ4n) is 2.90. The number of hydrogen-bond acceptors (Lipinski definition) is 4. The van der Waals surface area contributed by atoms with E-state index in [-0.39, 0.29) is 22.8 Å². The molecule has 6 heteroatoms. The minimum Gasteiger partial charge on any atom is -0.494 e. The van der Waals surface area contributed by atoms with E-state index in [1.807, 2.05) is 44.2 Å². The van der Waals surface area contributed by atoms with Gasteiger partial charge in [0.2, 0.25) is 11.8 Å². The number of carbonyl (C=O) groups excluding carboxylic acids is 2. The Hall–Kier alpha value is -2.47. The summed E-state index contributed by atoms with van der Waals surface area (Å²) in [5.74, 6) is 0.753. The molecule has 0 aliphatic carbocycles. The van der Waals surface area contributed by atoms with Crippen LogP contribution in [0.5, 0.6) is 5.75 Å². The van der Waals surface area contributed by atoms with E-state index in [4.69, 9.17) is 4.74 Å². The molecule has 2 amide bonds. The van der Waals surface area contributed by atoms with Gasteiger partial charge in [0, 0.05) is 11.4 Å². The average Bonchev–Trinajstić information content (AvgIpc) is 2.73. The zero-order chi connectivity index (χ0) is 21.2. The van der Waals surface area contributed by atoms with Crippen molar-refractivity contribution in [2.24, 2.45) is 0 Å². The Morgan fingerprint density at radius 3 is 2.14 bits per heavy atom. The van der Waals surface area contributed by atoms with E-state index in [1.54, 1.807) is 12.1 Å². The molecule has 1 unspecified atom stereocenters. The smallest absolute Gasteiger partial charge is 0.237 e. The number of rotatable bonds is 10. The maximum atomic E-state index is 12.6. The molecule has 0 saturated carbocycles. The van der Waals surface area contributed by atoms with E-state index in [1.165, 1.54) is 11.8 Å². The molecule has 1 atom stereocenters. The topological polar surface area (TPSA) is 67.4 Å². The SMILES string of the molecule is CCOc1ccc(NC(=O)CSC(C)C(=O)Nc2c(CC)cccc2CC)cc1. The molecule has 0 aliphatic rings. The van der Waals surface area contributed by atoms with Crippen LogP contribution in [0.1, 0.15) is 38.8 Å². The van der Waals surface area contributed by atoms with Crippen molar-refractivity contribution in [3.63, 3.8) is 0 Å². The summed E-state index contributed by atoms with van der Waals surface area (Å²) in [7, 11) is 0. The largest absolute Gasteiger partial charge is 0.494 e. The number of benzene rings is 2. The van der Waals surface area contributed by atoms with Crippen LogP contribution >= 0.6 is 11.8 Å². The van der Waals surface area contributed by atoms with Crippen molar-refractivity contribution in [1.82, 2.24) is 0 Å². The van der Waals surface area contributed by atoms with E-state index in [9.17, 15) is 9.59 Å². The number of thioether (sulfide) groups is 1. The highest BCUT2D eigenvalue weighted by atomic mass is 32.2. The quantitative estimate of drug-likeness (QED) is 0.580. The molecule has 2 aromatic carbocycles. The van der Waals surface area contributed by atoms with Gasteiger partial charge in [-0.3, -0.25) is 9.59 Å². The third kappa shape index (κ3) is 6.82. The lowest BCUT2D eigenvalue weighted by molar-refractivity contribution is -0.115. The minimum absolute atomic E-state index is 0.0838. The third-order valence-electron chi connectivity index (χ3n) is 4.53. The van der Waals surface area contributed by atoms with Gasteiger partial charge in [-0.2, -0.15) is 0 Å². The summed E-state index contributed by atoms with van der Waals surface area (Å²) in [6.07, 6.45) is 1.71. The predicted molar refractivity (Wildman–Crippen MR) is 122 cm³/mol. The molecule has 2 rings (SSSR count). The van der Waals surface area contributed by atoms with E-state index < -0.39 is 0 Å². The van der Waals surface area contributed by atoms with Gasteiger partial charge in [-0.25, -0.2) is 0 Å². The first-order chi connectivity index (χ1) is 14.0. The second-order valence-electron chi connectivity index (χ2n) is 6.61. The summed E-state index contributed by atoms with van der Waals surface area (Å²) in [5, 5.41) is 5.57. The monoisotopic (exact) mass is 414 g/mol. The summed E-state index contributed by atoms with van der Waals surface area (Å²) in [4.78, 5) is 24.9. The summed E-state index contributed by atoms with van der Waals surface area (Å²) in [6.45, 7) is 8.50. The molecule has 0 heterocycles. The lowest BCUT2D eigenvalue weighted by atomic mass is 10.0. The zero-order valence-electron chi connectivity index (χ0n) is 17.6. The van der Waals surface area contributed by atoms with Crippen LogP contribution in [0.3, 0.4) is 0 Å². The van der Waals surface area contributed by atoms with Crippen molar-refractivity contribution in [3.8, 4) is 5.75 Å². The number of carbonyl (C=O) groups is 2. The second kappa shape index (κ2) is 11.5. The Kier molecular flexibility index (Phi) is 9.06. The first-order valence-corrected chi connectivity index (χ1v) is 11.1.